The molecule has 0 aliphatic heterocycles. The van der Waals surface area contributed by atoms with Crippen LogP contribution < -0.4 is 0 Å². The smallest absolute Gasteiger partial charge is 0.128 e. The molecule has 0 N–H and O–H groups in total. The van der Waals surface area contributed by atoms with Crippen LogP contribution in [0.1, 0.15) is 5.56 Å². The fraction of sp³-hybridized carbons (Fsp3) is 0.0909. The number of hydrogen-bond acceptors (Lipinski definition) is 4. The van der Waals surface area contributed by atoms with Crippen LogP contribution in [0.5, 0.6) is 0 Å². The molecule has 0 saturated heterocycles. The quantitative estimate of drug-likeness (QED) is 0.745. The van der Waals surface area contributed by atoms with E-state index in [-0.39, 0.29) is 0 Å². The number of nitrogens with zero attached hydrogens (tertiary/aromatic N) is 2. The van der Waals surface area contributed by atoms with Gasteiger partial charge in [-0.05, 0) is 23.4 Å². The van der Waals surface area contributed by atoms with Crippen LogP contribution in [0.25, 0.3) is 10.4 Å². The number of nitriles is 1. The Morgan fingerprint density at radius 3 is 2.67 bits per heavy atom. The summed E-state index contributed by atoms with van der Waals surface area (Å²) in [6.07, 6.45) is 1.94. The number of rotatable bonds is 2. The largest absolute Gasteiger partial charge is 0.192 e. The summed E-state index contributed by atoms with van der Waals surface area (Å²) in [6.45, 7) is 0. The molecule has 15 heavy (non-hydrogen) atoms. The highest BCUT2D eigenvalue weighted by atomic mass is 32.2. The van der Waals surface area contributed by atoms with E-state index < -0.39 is 0 Å². The van der Waals surface area contributed by atoms with Crippen LogP contribution >= 0.6 is 23.3 Å². The molecule has 0 spiro atoms. The lowest BCUT2D eigenvalue weighted by atomic mass is 10.1. The van der Waals surface area contributed by atoms with Crippen molar-refractivity contribution >= 4 is 23.3 Å². The van der Waals surface area contributed by atoms with Gasteiger partial charge in [0.15, 0.2) is 0 Å². The standard InChI is InChI=1S/C11H8N2S2/c1-14-11-9(7-12)10(15-13-11)8-5-3-2-4-6-8/h2-6H,1H3. The Morgan fingerprint density at radius 1 is 1.33 bits per heavy atom. The van der Waals surface area contributed by atoms with Crippen LogP contribution in [-0.4, -0.2) is 10.6 Å². The van der Waals surface area contributed by atoms with Gasteiger partial charge in [0.25, 0.3) is 0 Å². The van der Waals surface area contributed by atoms with Crippen LogP contribution in [0.2, 0.25) is 0 Å². The van der Waals surface area contributed by atoms with E-state index in [4.69, 9.17) is 5.26 Å². The number of hydrogen-bond donors (Lipinski definition) is 0. The molecule has 0 aliphatic carbocycles. The summed E-state index contributed by atoms with van der Waals surface area (Å²) < 4.78 is 4.26. The number of thioether (sulfide) groups is 1. The van der Waals surface area contributed by atoms with Gasteiger partial charge in [-0.2, -0.15) is 9.64 Å². The first-order valence-corrected chi connectivity index (χ1v) is 6.36. The number of aromatic nitrogens is 1. The summed E-state index contributed by atoms with van der Waals surface area (Å²) in [5.74, 6) is 0. The molecule has 0 aliphatic rings. The minimum Gasteiger partial charge on any atom is -0.192 e. The van der Waals surface area contributed by atoms with Gasteiger partial charge in [-0.3, -0.25) is 0 Å². The van der Waals surface area contributed by atoms with E-state index in [2.05, 4.69) is 10.4 Å². The van der Waals surface area contributed by atoms with E-state index in [9.17, 15) is 0 Å². The molecule has 0 bridgehead atoms. The van der Waals surface area contributed by atoms with Crippen molar-refractivity contribution in [3.8, 4) is 16.5 Å². The maximum Gasteiger partial charge on any atom is 0.128 e. The minimum absolute atomic E-state index is 0.693. The van der Waals surface area contributed by atoms with Crippen LogP contribution in [0.3, 0.4) is 0 Å². The summed E-state index contributed by atoms with van der Waals surface area (Å²) in [5.41, 5.74) is 1.76. The van der Waals surface area contributed by atoms with E-state index in [1.807, 2.05) is 36.6 Å². The van der Waals surface area contributed by atoms with Crippen molar-refractivity contribution < 1.29 is 0 Å². The topological polar surface area (TPSA) is 36.7 Å². The minimum atomic E-state index is 0.693. The van der Waals surface area contributed by atoms with E-state index in [1.54, 1.807) is 0 Å². The van der Waals surface area contributed by atoms with Gasteiger partial charge in [-0.25, -0.2) is 0 Å². The lowest BCUT2D eigenvalue weighted by Gasteiger charge is -1.96. The third-order valence-corrected chi connectivity index (χ3v) is 3.70. The molecule has 0 atom stereocenters. The average Bonchev–Trinajstić information content (AvgIpc) is 2.72. The monoisotopic (exact) mass is 232 g/mol. The van der Waals surface area contributed by atoms with Gasteiger partial charge in [0, 0.05) is 0 Å². The SMILES string of the molecule is CSc1nsc(-c2ccccc2)c1C#N. The molecule has 0 saturated carbocycles. The van der Waals surface area contributed by atoms with E-state index in [0.29, 0.717) is 5.56 Å². The highest BCUT2D eigenvalue weighted by molar-refractivity contribution is 7.98. The summed E-state index contributed by atoms with van der Waals surface area (Å²) in [7, 11) is 0. The summed E-state index contributed by atoms with van der Waals surface area (Å²) >= 11 is 2.90. The Morgan fingerprint density at radius 2 is 2.07 bits per heavy atom. The van der Waals surface area contributed by atoms with Gasteiger partial charge in [-0.1, -0.05) is 30.3 Å². The molecule has 74 valence electrons. The van der Waals surface area contributed by atoms with Gasteiger partial charge in [0.05, 0.1) is 4.88 Å². The van der Waals surface area contributed by atoms with Crippen molar-refractivity contribution in [2.75, 3.05) is 6.26 Å². The molecule has 1 aromatic carbocycles. The maximum atomic E-state index is 9.08. The molecule has 0 radical (unpaired) electrons. The van der Waals surface area contributed by atoms with Crippen LogP contribution in [-0.2, 0) is 0 Å². The third kappa shape index (κ3) is 1.89. The Labute approximate surface area is 96.7 Å². The van der Waals surface area contributed by atoms with Gasteiger partial charge < -0.3 is 0 Å². The third-order valence-electron chi connectivity index (χ3n) is 2.00. The Kier molecular flexibility index (Phi) is 3.05. The Bertz CT molecular complexity index is 497. The Hall–Kier alpha value is -1.31. The molecule has 4 heteroatoms. The predicted octanol–water partition coefficient (Wildman–Crippen LogP) is 3.40. The fourth-order valence-electron chi connectivity index (χ4n) is 1.30. The number of benzene rings is 1. The van der Waals surface area contributed by atoms with E-state index in [1.165, 1.54) is 23.3 Å². The molecule has 0 amide bonds. The second kappa shape index (κ2) is 4.47. The fourth-order valence-corrected chi connectivity index (χ4v) is 2.87. The van der Waals surface area contributed by atoms with E-state index >= 15 is 0 Å². The normalized spacial score (nSPS) is 9.87. The second-order valence-corrected chi connectivity index (χ2v) is 4.44. The maximum absolute atomic E-state index is 9.08. The summed E-state index contributed by atoms with van der Waals surface area (Å²) in [4.78, 5) is 0.961. The van der Waals surface area contributed by atoms with Crippen LogP contribution in [0.15, 0.2) is 35.4 Å². The predicted molar refractivity (Wildman–Crippen MR) is 64.0 cm³/mol. The first-order valence-electron chi connectivity index (χ1n) is 4.36. The zero-order valence-corrected chi connectivity index (χ0v) is 9.73. The first kappa shape index (κ1) is 10.2. The van der Waals surface area contributed by atoms with Gasteiger partial charge in [0.1, 0.15) is 16.7 Å². The van der Waals surface area contributed by atoms with Crippen LogP contribution in [0.4, 0.5) is 0 Å². The van der Waals surface area contributed by atoms with Crippen molar-refractivity contribution in [3.63, 3.8) is 0 Å². The zero-order chi connectivity index (χ0) is 10.7. The molecule has 1 aromatic heterocycles. The van der Waals surface area contributed by atoms with Gasteiger partial charge >= 0.3 is 0 Å². The molecule has 0 unspecified atom stereocenters. The van der Waals surface area contributed by atoms with Crippen LogP contribution in [0, 0.1) is 11.3 Å². The average molecular weight is 232 g/mol. The van der Waals surface area contributed by atoms with Crippen molar-refractivity contribution in [1.82, 2.24) is 4.37 Å². The molecular formula is C11H8N2S2. The van der Waals surface area contributed by atoms with Gasteiger partial charge in [-0.15, -0.1) is 11.8 Å². The van der Waals surface area contributed by atoms with Crippen molar-refractivity contribution in [3.05, 3.63) is 35.9 Å². The highest BCUT2D eigenvalue weighted by Crippen LogP contribution is 2.33. The summed E-state index contributed by atoms with van der Waals surface area (Å²) in [5, 5.41) is 9.90. The van der Waals surface area contributed by atoms with E-state index in [0.717, 1.165) is 15.5 Å². The lowest BCUT2D eigenvalue weighted by molar-refractivity contribution is 1.26. The molecule has 1 heterocycles. The van der Waals surface area contributed by atoms with Crippen molar-refractivity contribution in [1.29, 1.82) is 5.26 Å². The molecule has 2 aromatic rings. The zero-order valence-electron chi connectivity index (χ0n) is 8.10. The molecular weight excluding hydrogens is 224 g/mol. The van der Waals surface area contributed by atoms with Gasteiger partial charge in [0.2, 0.25) is 0 Å². The molecule has 2 nitrogen and oxygen atoms in total. The Balaban J connectivity index is 2.55. The molecule has 0 fully saturated rings. The van der Waals surface area contributed by atoms with Crippen molar-refractivity contribution in [2.24, 2.45) is 0 Å². The second-order valence-electron chi connectivity index (χ2n) is 2.87. The lowest BCUT2D eigenvalue weighted by Crippen LogP contribution is -1.78. The summed E-state index contributed by atoms with van der Waals surface area (Å²) in [6, 6.07) is 12.1. The van der Waals surface area contributed by atoms with Crippen molar-refractivity contribution in [2.45, 2.75) is 5.03 Å². The highest BCUT2D eigenvalue weighted by Gasteiger charge is 2.13. The molecule has 2 rings (SSSR count). The first-order chi connectivity index (χ1) is 7.36.